The Morgan fingerprint density at radius 2 is 2.07 bits per heavy atom. The van der Waals surface area contributed by atoms with Gasteiger partial charge < -0.3 is 20.3 Å². The first kappa shape index (κ1) is 21.1. The van der Waals surface area contributed by atoms with Gasteiger partial charge in [-0.2, -0.15) is 0 Å². The maximum absolute atomic E-state index is 13.6. The summed E-state index contributed by atoms with van der Waals surface area (Å²) in [4.78, 5) is 7.32. The number of hydrogen-bond donors (Lipinski definition) is 2. The molecule has 2 N–H and O–H groups in total. The molecule has 6 heteroatoms. The zero-order valence-corrected chi connectivity index (χ0v) is 17.3. The van der Waals surface area contributed by atoms with Crippen LogP contribution in [0.3, 0.4) is 0 Å². The van der Waals surface area contributed by atoms with Gasteiger partial charge in [0.25, 0.3) is 0 Å². The quantitative estimate of drug-likeness (QED) is 0.503. The molecule has 0 spiro atoms. The number of piperidine rings is 1. The van der Waals surface area contributed by atoms with Crippen molar-refractivity contribution < 1.29 is 9.13 Å². The zero-order valence-electron chi connectivity index (χ0n) is 17.3. The van der Waals surface area contributed by atoms with E-state index >= 15 is 0 Å². The van der Waals surface area contributed by atoms with E-state index in [0.29, 0.717) is 12.5 Å². The summed E-state index contributed by atoms with van der Waals surface area (Å²) in [6, 6.07) is 7.01. The Labute approximate surface area is 168 Å². The molecule has 5 nitrogen and oxygen atoms in total. The third-order valence-corrected chi connectivity index (χ3v) is 6.05. The van der Waals surface area contributed by atoms with Crippen LogP contribution in [-0.4, -0.2) is 63.8 Å². The van der Waals surface area contributed by atoms with Gasteiger partial charge in [-0.3, -0.25) is 4.99 Å². The number of ether oxygens (including phenoxy) is 1. The summed E-state index contributed by atoms with van der Waals surface area (Å²) in [6.45, 7) is 8.73. The highest BCUT2D eigenvalue weighted by Crippen LogP contribution is 2.48. The molecule has 0 atom stereocenters. The zero-order chi connectivity index (χ0) is 19.8. The third-order valence-electron chi connectivity index (χ3n) is 6.05. The molecule has 2 fully saturated rings. The molecular weight excluding hydrogens is 355 g/mol. The highest BCUT2D eigenvalue weighted by Gasteiger charge is 2.44. The second-order valence-corrected chi connectivity index (χ2v) is 8.14. The Morgan fingerprint density at radius 3 is 2.71 bits per heavy atom. The molecular formula is C22H35FN4O. The highest BCUT2D eigenvalue weighted by molar-refractivity contribution is 5.79. The molecule has 1 aliphatic carbocycles. The molecule has 1 aromatic rings. The fraction of sp³-hybridized carbons (Fsp3) is 0.682. The maximum atomic E-state index is 13.6. The van der Waals surface area contributed by atoms with Crippen molar-refractivity contribution in [2.24, 2.45) is 10.9 Å². The van der Waals surface area contributed by atoms with Crippen molar-refractivity contribution in [3.63, 3.8) is 0 Å². The van der Waals surface area contributed by atoms with E-state index in [1.54, 1.807) is 19.2 Å². The fourth-order valence-corrected chi connectivity index (χ4v) is 3.96. The smallest absolute Gasteiger partial charge is 0.191 e. The summed E-state index contributed by atoms with van der Waals surface area (Å²) in [5.41, 5.74) is 1.10. The van der Waals surface area contributed by atoms with Gasteiger partial charge in [0.2, 0.25) is 0 Å². The van der Waals surface area contributed by atoms with E-state index in [2.05, 4.69) is 22.5 Å². The minimum absolute atomic E-state index is 0.0249. The Kier molecular flexibility index (Phi) is 7.68. The van der Waals surface area contributed by atoms with Crippen LogP contribution in [0.4, 0.5) is 4.39 Å². The fourth-order valence-electron chi connectivity index (χ4n) is 3.96. The van der Waals surface area contributed by atoms with Crippen LogP contribution in [0.15, 0.2) is 29.3 Å². The van der Waals surface area contributed by atoms with Crippen LogP contribution in [0, 0.1) is 11.7 Å². The molecule has 3 rings (SSSR count). The standard InChI is InChI=1S/C22H35FN4O/c1-3-24-21(25-16-18-7-11-27(12-8-18)13-14-28-2)26-17-22(9-10-22)19-5-4-6-20(23)15-19/h4-6,15,18H,3,7-14,16-17H2,1-2H3,(H2,24,25,26). The molecule has 1 aliphatic heterocycles. The van der Waals surface area contributed by atoms with Crippen LogP contribution in [0.1, 0.15) is 38.2 Å². The molecule has 0 radical (unpaired) electrons. The number of methoxy groups -OCH3 is 1. The Morgan fingerprint density at radius 1 is 1.29 bits per heavy atom. The molecule has 1 aromatic carbocycles. The van der Waals surface area contributed by atoms with Gasteiger partial charge in [0, 0.05) is 32.2 Å². The van der Waals surface area contributed by atoms with Crippen LogP contribution in [-0.2, 0) is 10.2 Å². The normalized spacial score (nSPS) is 20.2. The van der Waals surface area contributed by atoms with Gasteiger partial charge in [-0.05, 0) is 69.3 Å². The average molecular weight is 391 g/mol. The van der Waals surface area contributed by atoms with Crippen LogP contribution < -0.4 is 10.6 Å². The van der Waals surface area contributed by atoms with E-state index in [4.69, 9.17) is 9.73 Å². The van der Waals surface area contributed by atoms with E-state index in [0.717, 1.165) is 63.7 Å². The molecule has 0 bridgehead atoms. The SMILES string of the molecule is CCNC(=NCC1(c2cccc(F)c2)CC1)NCC1CCN(CCOC)CC1. The van der Waals surface area contributed by atoms with Crippen LogP contribution in [0.5, 0.6) is 0 Å². The Balaban J connectivity index is 1.49. The van der Waals surface area contributed by atoms with Crippen molar-refractivity contribution in [1.29, 1.82) is 0 Å². The van der Waals surface area contributed by atoms with Gasteiger partial charge in [0.05, 0.1) is 13.2 Å². The number of hydrogen-bond acceptors (Lipinski definition) is 3. The monoisotopic (exact) mass is 390 g/mol. The van der Waals surface area contributed by atoms with Gasteiger partial charge in [-0.15, -0.1) is 0 Å². The summed E-state index contributed by atoms with van der Waals surface area (Å²) >= 11 is 0. The largest absolute Gasteiger partial charge is 0.383 e. The number of benzene rings is 1. The molecule has 1 saturated carbocycles. The lowest BCUT2D eigenvalue weighted by Gasteiger charge is -2.32. The van der Waals surface area contributed by atoms with Gasteiger partial charge >= 0.3 is 0 Å². The van der Waals surface area contributed by atoms with Crippen molar-refractivity contribution in [2.45, 2.75) is 38.0 Å². The van der Waals surface area contributed by atoms with E-state index < -0.39 is 0 Å². The minimum Gasteiger partial charge on any atom is -0.383 e. The molecule has 1 saturated heterocycles. The molecule has 28 heavy (non-hydrogen) atoms. The average Bonchev–Trinajstić information content (AvgIpc) is 3.50. The lowest BCUT2D eigenvalue weighted by atomic mass is 9.96. The number of nitrogens with zero attached hydrogens (tertiary/aromatic N) is 2. The third kappa shape index (κ3) is 5.92. The molecule has 0 unspecified atom stereocenters. The van der Waals surface area contributed by atoms with Gasteiger partial charge in [0.15, 0.2) is 5.96 Å². The summed E-state index contributed by atoms with van der Waals surface area (Å²) in [5, 5.41) is 6.89. The first-order valence-electron chi connectivity index (χ1n) is 10.6. The van der Waals surface area contributed by atoms with E-state index in [1.165, 1.54) is 18.9 Å². The Hall–Kier alpha value is -1.66. The molecule has 156 valence electrons. The summed E-state index contributed by atoms with van der Waals surface area (Å²) in [5.74, 6) is 1.40. The van der Waals surface area contributed by atoms with Crippen molar-refractivity contribution >= 4 is 5.96 Å². The van der Waals surface area contributed by atoms with Crippen molar-refractivity contribution in [3.8, 4) is 0 Å². The topological polar surface area (TPSA) is 48.9 Å². The predicted octanol–water partition coefficient (Wildman–Crippen LogP) is 2.77. The maximum Gasteiger partial charge on any atom is 0.191 e. The number of guanidine groups is 1. The van der Waals surface area contributed by atoms with E-state index in [9.17, 15) is 4.39 Å². The second kappa shape index (κ2) is 10.2. The summed E-state index contributed by atoms with van der Waals surface area (Å²) in [6.07, 6.45) is 4.59. The number of aliphatic imine (C=N–C) groups is 1. The van der Waals surface area contributed by atoms with Crippen LogP contribution >= 0.6 is 0 Å². The minimum atomic E-state index is -0.158. The number of halogens is 1. The number of likely N-dealkylation sites (tertiary alicyclic amines) is 1. The lowest BCUT2D eigenvalue weighted by Crippen LogP contribution is -2.43. The summed E-state index contributed by atoms with van der Waals surface area (Å²) in [7, 11) is 1.76. The van der Waals surface area contributed by atoms with Gasteiger partial charge in [-0.25, -0.2) is 4.39 Å². The van der Waals surface area contributed by atoms with Crippen LogP contribution in [0.2, 0.25) is 0 Å². The number of rotatable bonds is 9. The first-order valence-corrected chi connectivity index (χ1v) is 10.6. The van der Waals surface area contributed by atoms with E-state index in [1.807, 2.05) is 6.07 Å². The number of nitrogens with one attached hydrogen (secondary N) is 2. The molecule has 1 heterocycles. The predicted molar refractivity (Wildman–Crippen MR) is 112 cm³/mol. The van der Waals surface area contributed by atoms with Crippen molar-refractivity contribution in [2.75, 3.05) is 53.0 Å². The van der Waals surface area contributed by atoms with Crippen molar-refractivity contribution in [1.82, 2.24) is 15.5 Å². The molecule has 2 aliphatic rings. The van der Waals surface area contributed by atoms with E-state index in [-0.39, 0.29) is 11.2 Å². The first-order chi connectivity index (χ1) is 13.6. The van der Waals surface area contributed by atoms with Crippen LogP contribution in [0.25, 0.3) is 0 Å². The second-order valence-electron chi connectivity index (χ2n) is 8.14. The molecule has 0 amide bonds. The highest BCUT2D eigenvalue weighted by atomic mass is 19.1. The van der Waals surface area contributed by atoms with Gasteiger partial charge in [0.1, 0.15) is 5.82 Å². The summed E-state index contributed by atoms with van der Waals surface area (Å²) < 4.78 is 18.8. The lowest BCUT2D eigenvalue weighted by molar-refractivity contribution is 0.121. The van der Waals surface area contributed by atoms with Gasteiger partial charge in [-0.1, -0.05) is 12.1 Å². The Bertz CT molecular complexity index is 639. The van der Waals surface area contributed by atoms with Crippen molar-refractivity contribution in [3.05, 3.63) is 35.6 Å². The molecule has 0 aromatic heterocycles.